The largest absolute Gasteiger partial charge is 0.493 e. The van der Waals surface area contributed by atoms with E-state index >= 15 is 0 Å². The summed E-state index contributed by atoms with van der Waals surface area (Å²) in [5.41, 5.74) is 1.26. The lowest BCUT2D eigenvalue weighted by Crippen LogP contribution is -3.14. The summed E-state index contributed by atoms with van der Waals surface area (Å²) in [6, 6.07) is 6.56. The van der Waals surface area contributed by atoms with Crippen LogP contribution in [0.4, 0.5) is 0 Å². The van der Waals surface area contributed by atoms with Gasteiger partial charge in [0.15, 0.2) is 11.5 Å². The van der Waals surface area contributed by atoms with E-state index in [1.807, 2.05) is 12.1 Å². The number of benzene rings is 1. The first-order chi connectivity index (χ1) is 11.8. The number of morpholine rings is 1. The van der Waals surface area contributed by atoms with Gasteiger partial charge in [-0.25, -0.2) is 0 Å². The smallest absolute Gasteiger partial charge is 0.161 e. The Hall–Kier alpha value is -1.56. The number of hydrogen-bond acceptors (Lipinski definition) is 3. The third kappa shape index (κ3) is 5.51. The van der Waals surface area contributed by atoms with E-state index in [4.69, 9.17) is 14.2 Å². The van der Waals surface area contributed by atoms with Crippen molar-refractivity contribution < 1.29 is 24.4 Å². The van der Waals surface area contributed by atoms with Crippen LogP contribution in [0.3, 0.4) is 0 Å². The van der Waals surface area contributed by atoms with Crippen molar-refractivity contribution in [3.8, 4) is 11.5 Å². The molecule has 1 saturated heterocycles. The van der Waals surface area contributed by atoms with Crippen LogP contribution in [0.15, 0.2) is 30.9 Å². The minimum absolute atomic E-state index is 0.377. The molecule has 0 saturated carbocycles. The molecule has 2 rings (SSSR count). The van der Waals surface area contributed by atoms with Gasteiger partial charge >= 0.3 is 0 Å². The van der Waals surface area contributed by atoms with Crippen LogP contribution in [0.5, 0.6) is 11.5 Å². The van der Waals surface area contributed by atoms with Crippen molar-refractivity contribution in [3.05, 3.63) is 36.4 Å². The van der Waals surface area contributed by atoms with Gasteiger partial charge in [0.25, 0.3) is 0 Å². The number of rotatable bonds is 10. The van der Waals surface area contributed by atoms with Gasteiger partial charge < -0.3 is 24.4 Å². The second-order valence-electron chi connectivity index (χ2n) is 6.24. The number of nitrogens with one attached hydrogen (secondary N) is 1. The summed E-state index contributed by atoms with van der Waals surface area (Å²) >= 11 is 0. The maximum atomic E-state index is 5.43. The number of nitrogens with two attached hydrogens (primary N) is 1. The van der Waals surface area contributed by atoms with E-state index in [0.717, 1.165) is 50.8 Å². The first-order valence-electron chi connectivity index (χ1n) is 8.86. The summed E-state index contributed by atoms with van der Waals surface area (Å²) in [6.45, 7) is 10.4. The van der Waals surface area contributed by atoms with Gasteiger partial charge in [-0.3, -0.25) is 0 Å². The maximum Gasteiger partial charge on any atom is 0.161 e. The molecule has 5 nitrogen and oxygen atoms in total. The van der Waals surface area contributed by atoms with Crippen molar-refractivity contribution in [1.82, 2.24) is 0 Å². The Morgan fingerprint density at radius 2 is 2.00 bits per heavy atom. The predicted molar refractivity (Wildman–Crippen MR) is 94.9 cm³/mol. The number of hydrogen-bond donors (Lipinski definition) is 2. The van der Waals surface area contributed by atoms with Crippen LogP contribution in [-0.4, -0.2) is 53.6 Å². The van der Waals surface area contributed by atoms with Gasteiger partial charge in [-0.05, 0) is 18.2 Å². The quantitative estimate of drug-likeness (QED) is 0.474. The first kappa shape index (κ1) is 18.8. The Balaban J connectivity index is 1.87. The zero-order chi connectivity index (χ0) is 17.2. The fourth-order valence-corrected chi connectivity index (χ4v) is 3.21. The van der Waals surface area contributed by atoms with Gasteiger partial charge in [-0.1, -0.05) is 6.08 Å². The molecule has 3 N–H and O–H groups in total. The number of quaternary nitrogens is 2. The lowest BCUT2D eigenvalue weighted by molar-refractivity contribution is -0.909. The van der Waals surface area contributed by atoms with Crippen LogP contribution in [0.2, 0.25) is 0 Å². The minimum Gasteiger partial charge on any atom is -0.493 e. The summed E-state index contributed by atoms with van der Waals surface area (Å²) in [5.74, 6) is 1.56. The summed E-state index contributed by atoms with van der Waals surface area (Å²) in [7, 11) is 3.35. The zero-order valence-corrected chi connectivity index (χ0v) is 15.1. The third-order valence-corrected chi connectivity index (χ3v) is 4.64. The zero-order valence-electron chi connectivity index (χ0n) is 15.1. The van der Waals surface area contributed by atoms with Crippen LogP contribution in [-0.2, 0) is 4.74 Å². The highest BCUT2D eigenvalue weighted by Crippen LogP contribution is 2.29. The topological polar surface area (TPSA) is 48.7 Å². The Morgan fingerprint density at radius 3 is 2.67 bits per heavy atom. The monoisotopic (exact) mass is 336 g/mol. The second kappa shape index (κ2) is 10.3. The fourth-order valence-electron chi connectivity index (χ4n) is 3.21. The molecule has 0 aromatic heterocycles. The van der Waals surface area contributed by atoms with Crippen LogP contribution >= 0.6 is 0 Å². The van der Waals surface area contributed by atoms with Gasteiger partial charge in [0, 0.05) is 18.4 Å². The molecule has 1 fully saturated rings. The van der Waals surface area contributed by atoms with Crippen LogP contribution in [0.1, 0.15) is 24.4 Å². The molecule has 134 valence electrons. The number of ether oxygens (including phenoxy) is 3. The maximum absolute atomic E-state index is 5.43. The van der Waals surface area contributed by atoms with Crippen molar-refractivity contribution in [1.29, 1.82) is 0 Å². The lowest BCUT2D eigenvalue weighted by Gasteiger charge is -2.23. The molecule has 0 radical (unpaired) electrons. The highest BCUT2D eigenvalue weighted by molar-refractivity contribution is 5.43. The molecule has 5 heteroatoms. The molecule has 1 unspecified atom stereocenters. The summed E-state index contributed by atoms with van der Waals surface area (Å²) in [5, 5.41) is 2.42. The molecule has 1 aliphatic heterocycles. The Labute approximate surface area is 145 Å². The van der Waals surface area contributed by atoms with Crippen molar-refractivity contribution in [2.24, 2.45) is 0 Å². The fraction of sp³-hybridized carbons (Fsp3) is 0.579. The molecule has 1 aliphatic rings. The summed E-state index contributed by atoms with van der Waals surface area (Å²) in [6.07, 6.45) is 4.15. The van der Waals surface area contributed by atoms with Gasteiger partial charge in [-0.15, -0.1) is 6.58 Å². The average molecular weight is 336 g/mol. The Bertz CT molecular complexity index is 501. The Kier molecular flexibility index (Phi) is 8.08. The molecule has 0 aliphatic carbocycles. The molecular formula is C19H32N2O3+2. The van der Waals surface area contributed by atoms with Crippen molar-refractivity contribution in [2.75, 3.05) is 53.6 Å². The van der Waals surface area contributed by atoms with Gasteiger partial charge in [0.2, 0.25) is 0 Å². The standard InChI is InChI=1S/C19H30N2O3/c1-4-6-17(16-7-8-18(22-2)19(15-16)23-3)20-9-5-10-21-11-13-24-14-12-21/h4,7-8,15,17,20H,1,5-6,9-14H2,2-3H3/p+2. The normalized spacial score (nSPS) is 16.6. The molecule has 1 aromatic carbocycles. The number of methoxy groups -OCH3 is 2. The first-order valence-corrected chi connectivity index (χ1v) is 8.86. The SMILES string of the molecule is C=CCC([NH2+]CCC[NH+]1CCOCC1)c1ccc(OC)c(OC)c1. The van der Waals surface area contributed by atoms with E-state index in [2.05, 4.69) is 24.0 Å². The van der Waals surface area contributed by atoms with Gasteiger partial charge in [0.05, 0.1) is 40.5 Å². The average Bonchev–Trinajstić information content (AvgIpc) is 2.64. The van der Waals surface area contributed by atoms with Crippen molar-refractivity contribution in [3.63, 3.8) is 0 Å². The van der Waals surface area contributed by atoms with E-state index in [0.29, 0.717) is 6.04 Å². The summed E-state index contributed by atoms with van der Waals surface area (Å²) in [4.78, 5) is 1.67. The molecular weight excluding hydrogens is 304 g/mol. The van der Waals surface area contributed by atoms with Crippen molar-refractivity contribution in [2.45, 2.75) is 18.9 Å². The van der Waals surface area contributed by atoms with Gasteiger partial charge in [0.1, 0.15) is 19.1 Å². The molecule has 0 bridgehead atoms. The molecule has 24 heavy (non-hydrogen) atoms. The molecule has 1 aromatic rings. The summed E-state index contributed by atoms with van der Waals surface area (Å²) < 4.78 is 16.2. The Morgan fingerprint density at radius 1 is 1.25 bits per heavy atom. The third-order valence-electron chi connectivity index (χ3n) is 4.64. The van der Waals surface area contributed by atoms with Crippen LogP contribution in [0, 0.1) is 0 Å². The van der Waals surface area contributed by atoms with E-state index < -0.39 is 0 Å². The molecule has 0 amide bonds. The minimum atomic E-state index is 0.377. The second-order valence-corrected chi connectivity index (χ2v) is 6.24. The van der Waals surface area contributed by atoms with E-state index in [1.165, 1.54) is 18.5 Å². The van der Waals surface area contributed by atoms with Crippen LogP contribution in [0.25, 0.3) is 0 Å². The molecule has 1 atom stereocenters. The molecule has 0 spiro atoms. The van der Waals surface area contributed by atoms with E-state index in [9.17, 15) is 0 Å². The van der Waals surface area contributed by atoms with E-state index in [1.54, 1.807) is 19.1 Å². The van der Waals surface area contributed by atoms with Gasteiger partial charge in [-0.2, -0.15) is 0 Å². The predicted octanol–water partition coefficient (Wildman–Crippen LogP) is 0.190. The van der Waals surface area contributed by atoms with E-state index in [-0.39, 0.29) is 0 Å². The van der Waals surface area contributed by atoms with Crippen molar-refractivity contribution >= 4 is 0 Å². The molecule has 1 heterocycles. The lowest BCUT2D eigenvalue weighted by atomic mass is 10.0. The highest BCUT2D eigenvalue weighted by Gasteiger charge is 2.17. The van der Waals surface area contributed by atoms with Crippen LogP contribution < -0.4 is 19.7 Å². The highest BCUT2D eigenvalue weighted by atomic mass is 16.5.